The lowest BCUT2D eigenvalue weighted by Crippen LogP contribution is -2.50. The Hall–Kier alpha value is -3.69. The summed E-state index contributed by atoms with van der Waals surface area (Å²) in [7, 11) is 0. The Balaban J connectivity index is 1.30. The van der Waals surface area contributed by atoms with Gasteiger partial charge in [0.25, 0.3) is 5.91 Å². The fraction of sp³-hybridized carbons (Fsp3) is 0.208. The Bertz CT molecular complexity index is 1360. The lowest BCUT2D eigenvalue weighted by Gasteiger charge is -2.35. The van der Waals surface area contributed by atoms with Gasteiger partial charge in [0.2, 0.25) is 5.95 Å². The molecule has 4 aromatic rings. The maximum absolute atomic E-state index is 12.7. The predicted octanol–water partition coefficient (Wildman–Crippen LogP) is 3.70. The summed E-state index contributed by atoms with van der Waals surface area (Å²) in [6, 6.07) is 14.3. The number of aromatic nitrogens is 4. The Labute approximate surface area is 211 Å². The van der Waals surface area contributed by atoms with Gasteiger partial charge in [0.05, 0.1) is 11.9 Å². The van der Waals surface area contributed by atoms with E-state index in [2.05, 4.69) is 15.0 Å². The van der Waals surface area contributed by atoms with Gasteiger partial charge in [-0.2, -0.15) is 9.97 Å². The average molecular weight is 510 g/mol. The minimum Gasteiger partial charge on any atom is -0.484 e. The Morgan fingerprint density at radius 3 is 2.26 bits per heavy atom. The Kier molecular flexibility index (Phi) is 6.52. The number of piperazine rings is 1. The van der Waals surface area contributed by atoms with Crippen LogP contribution in [-0.4, -0.2) is 63.5 Å². The van der Waals surface area contributed by atoms with E-state index in [1.54, 1.807) is 47.5 Å². The van der Waals surface area contributed by atoms with Gasteiger partial charge in [-0.15, -0.1) is 0 Å². The molecule has 2 aromatic carbocycles. The summed E-state index contributed by atoms with van der Waals surface area (Å²) in [4.78, 5) is 34.4. The number of nitrogens with two attached hydrogens (primary N) is 1. The van der Waals surface area contributed by atoms with Gasteiger partial charge in [-0.25, -0.2) is 9.97 Å². The van der Waals surface area contributed by atoms with Crippen molar-refractivity contribution in [2.75, 3.05) is 43.4 Å². The van der Waals surface area contributed by atoms with Gasteiger partial charge in [0, 0.05) is 41.8 Å². The molecular formula is C24H21Cl2N7O2. The summed E-state index contributed by atoms with van der Waals surface area (Å²) in [5, 5.41) is 1.26. The first-order valence-corrected chi connectivity index (χ1v) is 11.7. The van der Waals surface area contributed by atoms with Crippen LogP contribution in [0.4, 0.5) is 11.8 Å². The zero-order valence-corrected chi connectivity index (χ0v) is 20.1. The molecule has 0 bridgehead atoms. The van der Waals surface area contributed by atoms with Gasteiger partial charge in [0.1, 0.15) is 5.75 Å². The van der Waals surface area contributed by atoms with E-state index in [0.29, 0.717) is 64.6 Å². The molecule has 1 fully saturated rings. The Morgan fingerprint density at radius 1 is 0.914 bits per heavy atom. The van der Waals surface area contributed by atoms with Gasteiger partial charge >= 0.3 is 0 Å². The van der Waals surface area contributed by atoms with Crippen LogP contribution in [0, 0.1) is 0 Å². The maximum Gasteiger partial charge on any atom is 0.260 e. The maximum atomic E-state index is 12.7. The molecule has 1 saturated heterocycles. The van der Waals surface area contributed by atoms with E-state index in [1.165, 1.54) is 0 Å². The largest absolute Gasteiger partial charge is 0.484 e. The number of carbonyl (C=O) groups excluding carboxylic acids is 1. The minimum absolute atomic E-state index is 0.0407. The standard InChI is InChI=1S/C24H21Cl2N7O2/c25-16-3-1-15(2-4-16)19-13-28-22-21(29-19)23(31-24(27)30-22)33-11-9-32(10-12-33)20(34)14-35-18-7-5-17(26)6-8-18/h1-8,13H,9-12,14H2,(H2,27,28,30,31). The zero-order chi connectivity index (χ0) is 24.4. The van der Waals surface area contributed by atoms with Crippen LogP contribution in [0.3, 0.4) is 0 Å². The van der Waals surface area contributed by atoms with Crippen molar-refractivity contribution in [2.24, 2.45) is 0 Å². The van der Waals surface area contributed by atoms with Crippen molar-refractivity contribution in [3.63, 3.8) is 0 Å². The smallest absolute Gasteiger partial charge is 0.260 e. The van der Waals surface area contributed by atoms with Crippen molar-refractivity contribution >= 4 is 52.0 Å². The van der Waals surface area contributed by atoms with E-state index in [1.807, 2.05) is 17.0 Å². The van der Waals surface area contributed by atoms with Gasteiger partial charge in [0.15, 0.2) is 23.6 Å². The van der Waals surface area contributed by atoms with Gasteiger partial charge < -0.3 is 20.3 Å². The van der Waals surface area contributed by atoms with E-state index in [4.69, 9.17) is 38.7 Å². The molecule has 5 rings (SSSR count). The number of benzene rings is 2. The summed E-state index contributed by atoms with van der Waals surface area (Å²) in [5.74, 6) is 1.23. The molecule has 35 heavy (non-hydrogen) atoms. The summed E-state index contributed by atoms with van der Waals surface area (Å²) in [6.45, 7) is 2.11. The third-order valence-corrected chi connectivity index (χ3v) is 6.16. The van der Waals surface area contributed by atoms with Crippen LogP contribution in [0.15, 0.2) is 54.7 Å². The first-order valence-electron chi connectivity index (χ1n) is 10.9. The van der Waals surface area contributed by atoms with Crippen molar-refractivity contribution in [1.29, 1.82) is 0 Å². The summed E-state index contributed by atoms with van der Waals surface area (Å²) in [6.07, 6.45) is 1.65. The molecule has 2 N–H and O–H groups in total. The molecule has 0 spiro atoms. The number of anilines is 2. The topological polar surface area (TPSA) is 110 Å². The molecule has 0 aliphatic carbocycles. The van der Waals surface area contributed by atoms with E-state index in [9.17, 15) is 4.79 Å². The fourth-order valence-electron chi connectivity index (χ4n) is 3.82. The van der Waals surface area contributed by atoms with Crippen LogP contribution in [0.1, 0.15) is 0 Å². The highest BCUT2D eigenvalue weighted by atomic mass is 35.5. The van der Waals surface area contributed by atoms with Crippen molar-refractivity contribution in [3.05, 3.63) is 64.8 Å². The van der Waals surface area contributed by atoms with Gasteiger partial charge in [-0.3, -0.25) is 4.79 Å². The molecule has 0 atom stereocenters. The number of rotatable bonds is 5. The van der Waals surface area contributed by atoms with Crippen molar-refractivity contribution in [2.45, 2.75) is 0 Å². The van der Waals surface area contributed by atoms with E-state index >= 15 is 0 Å². The molecule has 0 radical (unpaired) electrons. The molecule has 11 heteroatoms. The van der Waals surface area contributed by atoms with Crippen LogP contribution in [0.25, 0.3) is 22.4 Å². The SMILES string of the molecule is Nc1nc(N2CCN(C(=O)COc3ccc(Cl)cc3)CC2)c2nc(-c3ccc(Cl)cc3)cnc2n1. The number of fused-ring (bicyclic) bond motifs is 1. The third kappa shape index (κ3) is 5.21. The van der Waals surface area contributed by atoms with Crippen LogP contribution in [0.2, 0.25) is 10.0 Å². The number of nitrogen functional groups attached to an aromatic ring is 1. The predicted molar refractivity (Wildman–Crippen MR) is 136 cm³/mol. The lowest BCUT2D eigenvalue weighted by molar-refractivity contribution is -0.133. The van der Waals surface area contributed by atoms with Crippen LogP contribution in [0.5, 0.6) is 5.75 Å². The number of hydrogen-bond donors (Lipinski definition) is 1. The molecule has 3 heterocycles. The number of halogens is 2. The quantitative estimate of drug-likeness (QED) is 0.433. The van der Waals surface area contributed by atoms with E-state index < -0.39 is 0 Å². The van der Waals surface area contributed by atoms with E-state index in [-0.39, 0.29) is 18.5 Å². The van der Waals surface area contributed by atoms with Crippen molar-refractivity contribution in [1.82, 2.24) is 24.8 Å². The highest BCUT2D eigenvalue weighted by Gasteiger charge is 2.25. The second-order valence-electron chi connectivity index (χ2n) is 7.95. The molecule has 1 amide bonds. The van der Waals surface area contributed by atoms with E-state index in [0.717, 1.165) is 5.56 Å². The number of nitrogens with zero attached hydrogens (tertiary/aromatic N) is 6. The van der Waals surface area contributed by atoms with Crippen LogP contribution < -0.4 is 15.4 Å². The third-order valence-electron chi connectivity index (χ3n) is 5.65. The molecular weight excluding hydrogens is 489 g/mol. The first-order chi connectivity index (χ1) is 17.0. The number of carbonyl (C=O) groups is 1. The summed E-state index contributed by atoms with van der Waals surface area (Å²) in [5.41, 5.74) is 8.48. The van der Waals surface area contributed by atoms with Crippen molar-refractivity contribution in [3.8, 4) is 17.0 Å². The molecule has 1 aliphatic heterocycles. The fourth-order valence-corrected chi connectivity index (χ4v) is 4.08. The number of ether oxygens (including phenoxy) is 1. The lowest BCUT2D eigenvalue weighted by atomic mass is 10.1. The molecule has 178 valence electrons. The second kappa shape index (κ2) is 9.89. The highest BCUT2D eigenvalue weighted by Crippen LogP contribution is 2.27. The molecule has 9 nitrogen and oxygen atoms in total. The second-order valence-corrected chi connectivity index (χ2v) is 8.82. The molecule has 0 unspecified atom stereocenters. The zero-order valence-electron chi connectivity index (χ0n) is 18.6. The molecule has 1 aliphatic rings. The minimum atomic E-state index is -0.0866. The van der Waals surface area contributed by atoms with Gasteiger partial charge in [-0.05, 0) is 36.4 Å². The van der Waals surface area contributed by atoms with Gasteiger partial charge in [-0.1, -0.05) is 35.3 Å². The van der Waals surface area contributed by atoms with Crippen molar-refractivity contribution < 1.29 is 9.53 Å². The molecule has 2 aromatic heterocycles. The monoisotopic (exact) mass is 509 g/mol. The highest BCUT2D eigenvalue weighted by molar-refractivity contribution is 6.30. The summed E-state index contributed by atoms with van der Waals surface area (Å²) < 4.78 is 5.60. The van der Waals surface area contributed by atoms with Crippen LogP contribution in [-0.2, 0) is 4.79 Å². The Morgan fingerprint density at radius 2 is 1.57 bits per heavy atom. The normalized spacial score (nSPS) is 13.8. The number of hydrogen-bond acceptors (Lipinski definition) is 8. The number of amides is 1. The molecule has 0 saturated carbocycles. The summed E-state index contributed by atoms with van der Waals surface area (Å²) >= 11 is 11.9. The first kappa shape index (κ1) is 23.1. The van der Waals surface area contributed by atoms with Crippen LogP contribution >= 0.6 is 23.2 Å². The average Bonchev–Trinajstić information content (AvgIpc) is 2.88.